The molecule has 3 aromatic rings. The summed E-state index contributed by atoms with van der Waals surface area (Å²) in [6.45, 7) is 6.32. The molecule has 168 valence electrons. The molecule has 1 amide bonds. The third-order valence-electron chi connectivity index (χ3n) is 5.20. The van der Waals surface area contributed by atoms with Crippen molar-refractivity contribution in [1.82, 2.24) is 20.3 Å². The van der Waals surface area contributed by atoms with Crippen LogP contribution in [0.2, 0.25) is 0 Å². The fourth-order valence-corrected chi connectivity index (χ4v) is 3.07. The molecule has 3 rings (SSSR count). The third-order valence-corrected chi connectivity index (χ3v) is 5.20. The second-order valence-electron chi connectivity index (χ2n) is 8.00. The van der Waals surface area contributed by atoms with Crippen LogP contribution in [-0.4, -0.2) is 45.1 Å². The number of benzene rings is 2. The molecular formula is C24H28N4O4. The van der Waals surface area contributed by atoms with Crippen LogP contribution >= 0.6 is 0 Å². The number of carbonyl (C=O) groups is 2. The van der Waals surface area contributed by atoms with E-state index in [-0.39, 0.29) is 12.3 Å². The van der Waals surface area contributed by atoms with Gasteiger partial charge in [-0.15, -0.1) is 5.10 Å². The fourth-order valence-electron chi connectivity index (χ4n) is 3.07. The highest BCUT2D eigenvalue weighted by Crippen LogP contribution is 2.22. The topological polar surface area (TPSA) is 106 Å². The fraction of sp³-hybridized carbons (Fsp3) is 0.333. The first-order valence-corrected chi connectivity index (χ1v) is 10.5. The molecule has 1 heterocycles. The molecule has 0 unspecified atom stereocenters. The third kappa shape index (κ3) is 5.72. The van der Waals surface area contributed by atoms with Crippen LogP contribution in [-0.2, 0) is 27.8 Å². The van der Waals surface area contributed by atoms with Crippen molar-refractivity contribution in [3.05, 3.63) is 71.5 Å². The van der Waals surface area contributed by atoms with Gasteiger partial charge < -0.3 is 15.2 Å². The maximum absolute atomic E-state index is 12.3. The summed E-state index contributed by atoms with van der Waals surface area (Å²) in [7, 11) is 0. The first-order chi connectivity index (χ1) is 15.3. The largest absolute Gasteiger partial charge is 0.494 e. The molecule has 0 bridgehead atoms. The lowest BCUT2D eigenvalue weighted by atomic mass is 9.90. The maximum atomic E-state index is 12.3. The Morgan fingerprint density at radius 3 is 2.34 bits per heavy atom. The number of rotatable bonds is 10. The summed E-state index contributed by atoms with van der Waals surface area (Å²) in [4.78, 5) is 23.6. The number of aliphatic carboxylic acids is 1. The molecule has 0 aliphatic rings. The molecule has 2 aromatic carbocycles. The molecule has 0 saturated carbocycles. The molecular weight excluding hydrogens is 408 g/mol. The number of carboxylic acid groups (broad SMARTS) is 1. The van der Waals surface area contributed by atoms with Crippen LogP contribution < -0.4 is 10.1 Å². The van der Waals surface area contributed by atoms with Gasteiger partial charge in [0.1, 0.15) is 11.2 Å². The lowest BCUT2D eigenvalue weighted by Crippen LogP contribution is -2.28. The van der Waals surface area contributed by atoms with E-state index in [0.717, 1.165) is 29.0 Å². The van der Waals surface area contributed by atoms with Gasteiger partial charge in [-0.3, -0.25) is 9.59 Å². The van der Waals surface area contributed by atoms with Crippen LogP contribution in [0.5, 0.6) is 5.75 Å². The van der Waals surface area contributed by atoms with Gasteiger partial charge in [-0.05, 0) is 62.6 Å². The van der Waals surface area contributed by atoms with Crippen molar-refractivity contribution in [3.8, 4) is 11.4 Å². The zero-order valence-electron chi connectivity index (χ0n) is 18.5. The van der Waals surface area contributed by atoms with E-state index in [1.54, 1.807) is 20.0 Å². The summed E-state index contributed by atoms with van der Waals surface area (Å²) < 4.78 is 6.96. The number of hydrogen-bond donors (Lipinski definition) is 2. The first-order valence-electron chi connectivity index (χ1n) is 10.5. The van der Waals surface area contributed by atoms with Gasteiger partial charge in [-0.25, -0.2) is 4.68 Å². The second-order valence-corrected chi connectivity index (χ2v) is 8.00. The highest BCUT2D eigenvalue weighted by atomic mass is 16.5. The summed E-state index contributed by atoms with van der Waals surface area (Å²) in [5, 5.41) is 20.3. The summed E-state index contributed by atoms with van der Waals surface area (Å²) >= 11 is 0. The van der Waals surface area contributed by atoms with Crippen LogP contribution in [0.15, 0.2) is 54.7 Å². The molecule has 0 fully saturated rings. The smallest absolute Gasteiger partial charge is 0.315 e. The number of aromatic nitrogens is 3. The Morgan fingerprint density at radius 1 is 1.06 bits per heavy atom. The van der Waals surface area contributed by atoms with Crippen molar-refractivity contribution in [2.45, 2.75) is 39.0 Å². The van der Waals surface area contributed by atoms with Crippen LogP contribution in [0.1, 0.15) is 37.6 Å². The van der Waals surface area contributed by atoms with Gasteiger partial charge in [0.25, 0.3) is 0 Å². The van der Waals surface area contributed by atoms with Crippen LogP contribution in [0.4, 0.5) is 0 Å². The van der Waals surface area contributed by atoms with Crippen LogP contribution in [0, 0.1) is 0 Å². The molecule has 1 aromatic heterocycles. The zero-order chi connectivity index (χ0) is 23.1. The van der Waals surface area contributed by atoms with E-state index < -0.39 is 11.4 Å². The Hall–Kier alpha value is -3.68. The Labute approximate surface area is 187 Å². The quantitative estimate of drug-likeness (QED) is 0.506. The van der Waals surface area contributed by atoms with E-state index >= 15 is 0 Å². The summed E-state index contributed by atoms with van der Waals surface area (Å²) in [5.41, 5.74) is 2.00. The number of carbonyl (C=O) groups excluding carboxylic acids is 1. The number of nitrogens with zero attached hydrogens (tertiary/aromatic N) is 3. The van der Waals surface area contributed by atoms with Gasteiger partial charge in [0, 0.05) is 6.54 Å². The van der Waals surface area contributed by atoms with Crippen molar-refractivity contribution in [1.29, 1.82) is 0 Å². The van der Waals surface area contributed by atoms with Crippen molar-refractivity contribution in [3.63, 3.8) is 0 Å². The van der Waals surface area contributed by atoms with Crippen molar-refractivity contribution >= 4 is 11.9 Å². The standard InChI is InChI=1S/C24H28N4O4/c1-4-32-20-11-7-17(8-12-20)13-14-25-22(29)15-18-5-9-19(10-6-18)28-16-21(26-27-28)24(2,3)23(30)31/h5-12,16H,4,13-15H2,1-3H3,(H,25,29)(H,30,31). The Balaban J connectivity index is 1.50. The highest BCUT2D eigenvalue weighted by molar-refractivity contribution is 5.79. The molecule has 0 radical (unpaired) electrons. The SMILES string of the molecule is CCOc1ccc(CCNC(=O)Cc2ccc(-n3cc(C(C)(C)C(=O)O)nn3)cc2)cc1. The molecule has 8 heteroatoms. The molecule has 0 aliphatic carbocycles. The highest BCUT2D eigenvalue weighted by Gasteiger charge is 2.32. The number of ether oxygens (including phenoxy) is 1. The monoisotopic (exact) mass is 436 g/mol. The lowest BCUT2D eigenvalue weighted by molar-refractivity contribution is -0.142. The molecule has 0 saturated heterocycles. The predicted octanol–water partition coefficient (Wildman–Crippen LogP) is 2.93. The maximum Gasteiger partial charge on any atom is 0.315 e. The predicted molar refractivity (Wildman–Crippen MR) is 120 cm³/mol. The van der Waals surface area contributed by atoms with Crippen molar-refractivity contribution in [2.75, 3.05) is 13.2 Å². The average molecular weight is 437 g/mol. The van der Waals surface area contributed by atoms with Gasteiger partial charge >= 0.3 is 5.97 Å². The van der Waals surface area contributed by atoms with Crippen LogP contribution in [0.3, 0.4) is 0 Å². The molecule has 0 atom stereocenters. The van der Waals surface area contributed by atoms with Crippen molar-refractivity contribution < 1.29 is 19.4 Å². The minimum Gasteiger partial charge on any atom is -0.494 e. The van der Waals surface area contributed by atoms with Gasteiger partial charge in [-0.2, -0.15) is 0 Å². The van der Waals surface area contributed by atoms with Gasteiger partial charge in [0.05, 0.1) is 30.6 Å². The first kappa shape index (κ1) is 23.0. The van der Waals surface area contributed by atoms with E-state index in [2.05, 4.69) is 15.6 Å². The van der Waals surface area contributed by atoms with E-state index in [4.69, 9.17) is 4.74 Å². The van der Waals surface area contributed by atoms with Crippen LogP contribution in [0.25, 0.3) is 5.69 Å². The number of nitrogens with one attached hydrogen (secondary N) is 1. The van der Waals surface area contributed by atoms with Gasteiger partial charge in [-0.1, -0.05) is 29.5 Å². The number of hydrogen-bond acceptors (Lipinski definition) is 5. The minimum absolute atomic E-state index is 0.0464. The zero-order valence-corrected chi connectivity index (χ0v) is 18.5. The van der Waals surface area contributed by atoms with Gasteiger partial charge in [0.15, 0.2) is 0 Å². The summed E-state index contributed by atoms with van der Waals surface area (Å²) in [6, 6.07) is 15.2. The number of carboxylic acids is 1. The molecule has 0 aliphatic heterocycles. The normalized spacial score (nSPS) is 11.2. The lowest BCUT2D eigenvalue weighted by Gasteiger charge is -2.14. The average Bonchev–Trinajstić information content (AvgIpc) is 3.27. The summed E-state index contributed by atoms with van der Waals surface area (Å²) in [5.74, 6) is -0.167. The van der Waals surface area contributed by atoms with Gasteiger partial charge in [0.2, 0.25) is 5.91 Å². The van der Waals surface area contributed by atoms with Crippen molar-refractivity contribution in [2.24, 2.45) is 0 Å². The second kappa shape index (κ2) is 10.1. The Morgan fingerprint density at radius 2 is 1.72 bits per heavy atom. The number of amides is 1. The molecule has 0 spiro atoms. The molecule has 2 N–H and O–H groups in total. The van der Waals surface area contributed by atoms with E-state index in [0.29, 0.717) is 18.8 Å². The summed E-state index contributed by atoms with van der Waals surface area (Å²) in [6.07, 6.45) is 2.63. The molecule has 8 nitrogen and oxygen atoms in total. The molecule has 32 heavy (non-hydrogen) atoms. The minimum atomic E-state index is -1.12. The Kier molecular flexibility index (Phi) is 7.25. The van der Waals surface area contributed by atoms with E-state index in [1.807, 2.05) is 55.5 Å². The van der Waals surface area contributed by atoms with E-state index in [1.165, 1.54) is 4.68 Å². The van der Waals surface area contributed by atoms with E-state index in [9.17, 15) is 14.7 Å². The Bertz CT molecular complexity index is 1060.